The molecule has 0 radical (unpaired) electrons. The van der Waals surface area contributed by atoms with Gasteiger partial charge in [0, 0.05) is 17.8 Å². The average Bonchev–Trinajstić information content (AvgIpc) is 2.56. The fourth-order valence-corrected chi connectivity index (χ4v) is 3.19. The lowest BCUT2D eigenvalue weighted by Crippen LogP contribution is -2.30. The number of carbonyl (C=O) groups is 2. The van der Waals surface area contributed by atoms with E-state index in [9.17, 15) is 9.59 Å². The molecule has 0 spiro atoms. The Morgan fingerprint density at radius 2 is 1.67 bits per heavy atom. The van der Waals surface area contributed by atoms with Crippen LogP contribution in [-0.4, -0.2) is 35.1 Å². The van der Waals surface area contributed by atoms with Crippen molar-refractivity contribution in [2.24, 2.45) is 0 Å². The molecule has 2 rings (SSSR count). The van der Waals surface area contributed by atoms with Gasteiger partial charge in [-0.25, -0.2) is 0 Å². The predicted molar refractivity (Wildman–Crippen MR) is 88.5 cm³/mol. The Hall–Kier alpha value is -1.98. The molecule has 0 unspecified atom stereocenters. The summed E-state index contributed by atoms with van der Waals surface area (Å²) in [5, 5.41) is 0. The maximum absolute atomic E-state index is 12.2. The minimum Gasteiger partial charge on any atom is -0.465 e. The van der Waals surface area contributed by atoms with Gasteiger partial charge in [0.25, 0.3) is 0 Å². The highest BCUT2D eigenvalue weighted by Gasteiger charge is 2.36. The SMILES string of the molecule is CCOC(=O)C(C(=O)OCC)c1cncc(C2(C)CCCCC2)n1. The Kier molecular flexibility index (Phi) is 6.29. The summed E-state index contributed by atoms with van der Waals surface area (Å²) >= 11 is 0. The summed E-state index contributed by atoms with van der Waals surface area (Å²) < 4.78 is 10.1. The van der Waals surface area contributed by atoms with E-state index >= 15 is 0 Å². The van der Waals surface area contributed by atoms with Crippen molar-refractivity contribution in [3.05, 3.63) is 23.8 Å². The highest BCUT2D eigenvalue weighted by atomic mass is 16.6. The minimum atomic E-state index is -1.18. The van der Waals surface area contributed by atoms with Crippen molar-refractivity contribution in [1.29, 1.82) is 0 Å². The molecule has 24 heavy (non-hydrogen) atoms. The number of nitrogens with zero attached hydrogens (tertiary/aromatic N) is 2. The summed E-state index contributed by atoms with van der Waals surface area (Å²) in [6, 6.07) is 0. The van der Waals surface area contributed by atoms with Gasteiger partial charge in [0.1, 0.15) is 0 Å². The van der Waals surface area contributed by atoms with E-state index in [1.165, 1.54) is 12.6 Å². The molecule has 1 aromatic rings. The van der Waals surface area contributed by atoms with Crippen LogP contribution in [0.2, 0.25) is 0 Å². The maximum Gasteiger partial charge on any atom is 0.326 e. The lowest BCUT2D eigenvalue weighted by Gasteiger charge is -2.33. The van der Waals surface area contributed by atoms with E-state index in [1.807, 2.05) is 0 Å². The molecule has 0 bridgehead atoms. The highest BCUT2D eigenvalue weighted by molar-refractivity contribution is 6.00. The fourth-order valence-electron chi connectivity index (χ4n) is 3.19. The monoisotopic (exact) mass is 334 g/mol. The molecule has 0 atom stereocenters. The van der Waals surface area contributed by atoms with Crippen molar-refractivity contribution in [3.8, 4) is 0 Å². The summed E-state index contributed by atoms with van der Waals surface area (Å²) in [5.41, 5.74) is 1.07. The number of hydrogen-bond donors (Lipinski definition) is 0. The number of ether oxygens (including phenoxy) is 2. The zero-order valence-electron chi connectivity index (χ0n) is 14.7. The van der Waals surface area contributed by atoms with Gasteiger partial charge in [0.15, 0.2) is 5.92 Å². The van der Waals surface area contributed by atoms with Crippen molar-refractivity contribution < 1.29 is 19.1 Å². The topological polar surface area (TPSA) is 78.4 Å². The van der Waals surface area contributed by atoms with Crippen molar-refractivity contribution in [3.63, 3.8) is 0 Å². The van der Waals surface area contributed by atoms with Gasteiger partial charge in [-0.15, -0.1) is 0 Å². The molecule has 1 aliphatic carbocycles. The second-order valence-corrected chi connectivity index (χ2v) is 6.39. The summed E-state index contributed by atoms with van der Waals surface area (Å²) in [7, 11) is 0. The van der Waals surface area contributed by atoms with Gasteiger partial charge in [0.2, 0.25) is 0 Å². The number of rotatable bonds is 6. The summed E-state index contributed by atoms with van der Waals surface area (Å²) in [6.07, 6.45) is 8.81. The van der Waals surface area contributed by atoms with E-state index in [0.29, 0.717) is 5.69 Å². The molecule has 0 amide bonds. The molecular formula is C18H26N2O4. The Labute approximate surface area is 143 Å². The quantitative estimate of drug-likeness (QED) is 0.588. The number of hydrogen-bond acceptors (Lipinski definition) is 6. The number of carbonyl (C=O) groups excluding carboxylic acids is 2. The van der Waals surface area contributed by atoms with Crippen molar-refractivity contribution >= 4 is 11.9 Å². The molecule has 1 aliphatic rings. The van der Waals surface area contributed by atoms with Gasteiger partial charge in [0.05, 0.1) is 24.6 Å². The predicted octanol–water partition coefficient (Wildman–Crippen LogP) is 2.91. The third kappa shape index (κ3) is 4.10. The molecule has 1 fully saturated rings. The molecule has 6 heteroatoms. The summed E-state index contributed by atoms with van der Waals surface area (Å²) in [6.45, 7) is 5.96. The largest absolute Gasteiger partial charge is 0.465 e. The van der Waals surface area contributed by atoms with Crippen LogP contribution in [0.25, 0.3) is 0 Å². The van der Waals surface area contributed by atoms with Crippen molar-refractivity contribution in [2.75, 3.05) is 13.2 Å². The normalized spacial score (nSPS) is 16.7. The molecule has 1 aromatic heterocycles. The van der Waals surface area contributed by atoms with Gasteiger partial charge < -0.3 is 9.47 Å². The first-order valence-corrected chi connectivity index (χ1v) is 8.67. The zero-order chi connectivity index (χ0) is 17.6. The molecule has 132 valence electrons. The van der Waals surface area contributed by atoms with E-state index in [1.54, 1.807) is 20.0 Å². The second kappa shape index (κ2) is 8.22. The van der Waals surface area contributed by atoms with Crippen molar-refractivity contribution in [1.82, 2.24) is 9.97 Å². The Morgan fingerprint density at radius 3 is 2.21 bits per heavy atom. The van der Waals surface area contributed by atoms with E-state index in [2.05, 4.69) is 16.9 Å². The van der Waals surface area contributed by atoms with Crippen LogP contribution in [0.5, 0.6) is 0 Å². The fraction of sp³-hybridized carbons (Fsp3) is 0.667. The van der Waals surface area contributed by atoms with E-state index in [-0.39, 0.29) is 18.6 Å². The molecule has 0 aliphatic heterocycles. The van der Waals surface area contributed by atoms with Gasteiger partial charge in [-0.2, -0.15) is 0 Å². The van der Waals surface area contributed by atoms with Gasteiger partial charge in [-0.3, -0.25) is 19.6 Å². The van der Waals surface area contributed by atoms with Gasteiger partial charge in [-0.05, 0) is 26.7 Å². The number of aromatic nitrogens is 2. The zero-order valence-corrected chi connectivity index (χ0v) is 14.7. The number of esters is 2. The molecule has 6 nitrogen and oxygen atoms in total. The first kappa shape index (κ1) is 18.4. The van der Waals surface area contributed by atoms with Crippen LogP contribution in [-0.2, 0) is 24.5 Å². The third-order valence-electron chi connectivity index (χ3n) is 4.57. The molecule has 0 saturated heterocycles. The minimum absolute atomic E-state index is 0.0604. The summed E-state index contributed by atoms with van der Waals surface area (Å²) in [5.74, 6) is -2.46. The molecule has 1 saturated carbocycles. The van der Waals surface area contributed by atoms with Crippen LogP contribution in [0, 0.1) is 0 Å². The Bertz CT molecular complexity index is 564. The Morgan fingerprint density at radius 1 is 1.08 bits per heavy atom. The van der Waals surface area contributed by atoms with E-state index in [0.717, 1.165) is 31.4 Å². The molecule has 0 N–H and O–H groups in total. The third-order valence-corrected chi connectivity index (χ3v) is 4.57. The molecule has 0 aromatic carbocycles. The van der Waals surface area contributed by atoms with Crippen LogP contribution >= 0.6 is 0 Å². The lowest BCUT2D eigenvalue weighted by molar-refractivity contribution is -0.157. The van der Waals surface area contributed by atoms with Crippen LogP contribution in [0.3, 0.4) is 0 Å². The average molecular weight is 334 g/mol. The van der Waals surface area contributed by atoms with Gasteiger partial charge in [-0.1, -0.05) is 26.2 Å². The first-order valence-electron chi connectivity index (χ1n) is 8.67. The summed E-state index contributed by atoms with van der Waals surface area (Å²) in [4.78, 5) is 33.3. The second-order valence-electron chi connectivity index (χ2n) is 6.39. The van der Waals surface area contributed by atoms with Crippen LogP contribution in [0.15, 0.2) is 12.4 Å². The van der Waals surface area contributed by atoms with Crippen LogP contribution in [0.4, 0.5) is 0 Å². The maximum atomic E-state index is 12.2. The molecule has 1 heterocycles. The van der Waals surface area contributed by atoms with Crippen LogP contribution < -0.4 is 0 Å². The standard InChI is InChI=1S/C18H26N2O4/c1-4-23-16(21)15(17(22)24-5-2)13-11-19-12-14(20-13)18(3)9-7-6-8-10-18/h11-12,15H,4-10H2,1-3H3. The lowest BCUT2D eigenvalue weighted by atomic mass is 9.73. The van der Waals surface area contributed by atoms with Crippen LogP contribution in [0.1, 0.15) is 70.2 Å². The first-order chi connectivity index (χ1) is 11.5. The van der Waals surface area contributed by atoms with Crippen molar-refractivity contribution in [2.45, 2.75) is 64.2 Å². The van der Waals surface area contributed by atoms with E-state index < -0.39 is 17.9 Å². The smallest absolute Gasteiger partial charge is 0.326 e. The highest BCUT2D eigenvalue weighted by Crippen LogP contribution is 2.38. The van der Waals surface area contributed by atoms with Gasteiger partial charge >= 0.3 is 11.9 Å². The Balaban J connectivity index is 2.34. The molecular weight excluding hydrogens is 308 g/mol. The van der Waals surface area contributed by atoms with E-state index in [4.69, 9.17) is 9.47 Å².